The van der Waals surface area contributed by atoms with Gasteiger partial charge in [0.25, 0.3) is 0 Å². The van der Waals surface area contributed by atoms with Crippen LogP contribution in [0.1, 0.15) is 52.9 Å². The van der Waals surface area contributed by atoms with Gasteiger partial charge in [-0.3, -0.25) is 4.79 Å². The minimum atomic E-state index is -0.794. The highest BCUT2D eigenvalue weighted by molar-refractivity contribution is 5.75. The Bertz CT molecular complexity index is 331. The molecule has 116 valence electrons. The summed E-state index contributed by atoms with van der Waals surface area (Å²) < 4.78 is 0. The van der Waals surface area contributed by atoms with E-state index in [1.165, 1.54) is 0 Å². The monoisotopic (exact) mass is 284 g/mol. The second-order valence-electron chi connectivity index (χ2n) is 6.18. The van der Waals surface area contributed by atoms with Crippen LogP contribution in [0.25, 0.3) is 0 Å². The smallest absolute Gasteiger partial charge is 0.317 e. The highest BCUT2D eigenvalue weighted by Crippen LogP contribution is 2.20. The Morgan fingerprint density at radius 1 is 1.40 bits per heavy atom. The van der Waals surface area contributed by atoms with E-state index < -0.39 is 5.97 Å². The molecular weight excluding hydrogens is 256 g/mol. The molecule has 0 saturated carbocycles. The standard InChI is InChI=1S/C15H28N2O3/c1-4-13-6-5-7-17(13)15(20)16-10-12(8-11(2)3)9-14(18)19/h11-13H,4-10H2,1-3H3,(H,16,20)(H,18,19)/t12-,13?/m0/s1. The Hall–Kier alpha value is -1.26. The summed E-state index contributed by atoms with van der Waals surface area (Å²) in [4.78, 5) is 24.9. The third-order valence-electron chi connectivity index (χ3n) is 3.92. The zero-order chi connectivity index (χ0) is 15.1. The minimum absolute atomic E-state index is 0.0131. The van der Waals surface area contributed by atoms with Gasteiger partial charge in [0.2, 0.25) is 0 Å². The first-order chi connectivity index (χ1) is 9.43. The molecule has 1 fully saturated rings. The van der Waals surface area contributed by atoms with Gasteiger partial charge in [-0.05, 0) is 37.5 Å². The number of amides is 2. The maximum atomic E-state index is 12.2. The normalized spacial score (nSPS) is 20.2. The van der Waals surface area contributed by atoms with Crippen LogP contribution < -0.4 is 5.32 Å². The van der Waals surface area contributed by atoms with Crippen LogP contribution in [0.4, 0.5) is 4.79 Å². The molecule has 2 N–H and O–H groups in total. The van der Waals surface area contributed by atoms with Crippen LogP contribution in [-0.4, -0.2) is 41.1 Å². The molecule has 5 heteroatoms. The molecule has 1 heterocycles. The van der Waals surface area contributed by atoms with Crippen LogP contribution in [-0.2, 0) is 4.79 Å². The second kappa shape index (κ2) is 8.12. The number of rotatable bonds is 7. The van der Waals surface area contributed by atoms with Gasteiger partial charge in [-0.2, -0.15) is 0 Å². The highest BCUT2D eigenvalue weighted by Gasteiger charge is 2.27. The lowest BCUT2D eigenvalue weighted by Gasteiger charge is -2.25. The summed E-state index contributed by atoms with van der Waals surface area (Å²) in [5.41, 5.74) is 0. The molecule has 0 aromatic heterocycles. The van der Waals surface area contributed by atoms with E-state index in [1.807, 2.05) is 4.90 Å². The van der Waals surface area contributed by atoms with Gasteiger partial charge in [0.05, 0.1) is 0 Å². The molecule has 20 heavy (non-hydrogen) atoms. The lowest BCUT2D eigenvalue weighted by molar-refractivity contribution is -0.138. The van der Waals surface area contributed by atoms with E-state index >= 15 is 0 Å². The largest absolute Gasteiger partial charge is 0.481 e. The van der Waals surface area contributed by atoms with Gasteiger partial charge in [-0.25, -0.2) is 4.79 Å². The first-order valence-electron chi connectivity index (χ1n) is 7.70. The van der Waals surface area contributed by atoms with E-state index in [0.29, 0.717) is 18.5 Å². The van der Waals surface area contributed by atoms with Crippen LogP contribution >= 0.6 is 0 Å². The topological polar surface area (TPSA) is 69.6 Å². The lowest BCUT2D eigenvalue weighted by Crippen LogP contribution is -2.44. The zero-order valence-corrected chi connectivity index (χ0v) is 12.9. The van der Waals surface area contributed by atoms with Crippen LogP contribution in [0.15, 0.2) is 0 Å². The Labute approximate surface area is 121 Å². The summed E-state index contributed by atoms with van der Waals surface area (Å²) in [6.07, 6.45) is 4.07. The van der Waals surface area contributed by atoms with Crippen molar-refractivity contribution in [2.45, 2.75) is 58.9 Å². The van der Waals surface area contributed by atoms with Crippen LogP contribution in [0, 0.1) is 11.8 Å². The van der Waals surface area contributed by atoms with Crippen LogP contribution in [0.3, 0.4) is 0 Å². The summed E-state index contributed by atoms with van der Waals surface area (Å²) in [6.45, 7) is 7.52. The Kier molecular flexibility index (Phi) is 6.82. The number of nitrogens with one attached hydrogen (secondary N) is 1. The Morgan fingerprint density at radius 3 is 2.65 bits per heavy atom. The van der Waals surface area contributed by atoms with Crippen molar-refractivity contribution >= 4 is 12.0 Å². The fourth-order valence-electron chi connectivity index (χ4n) is 3.01. The van der Waals surface area contributed by atoms with Crippen molar-refractivity contribution in [1.29, 1.82) is 0 Å². The van der Waals surface area contributed by atoms with Crippen LogP contribution in [0.5, 0.6) is 0 Å². The molecule has 0 aromatic carbocycles. The molecule has 2 amide bonds. The number of likely N-dealkylation sites (tertiary alicyclic amines) is 1. The lowest BCUT2D eigenvalue weighted by atomic mass is 9.94. The number of aliphatic carboxylic acids is 1. The second-order valence-corrected chi connectivity index (χ2v) is 6.18. The number of hydrogen-bond donors (Lipinski definition) is 2. The number of nitrogens with zero attached hydrogens (tertiary/aromatic N) is 1. The predicted molar refractivity (Wildman–Crippen MR) is 78.6 cm³/mol. The van der Waals surface area contributed by atoms with E-state index in [9.17, 15) is 9.59 Å². The number of carbonyl (C=O) groups is 2. The summed E-state index contributed by atoms with van der Waals surface area (Å²) >= 11 is 0. The molecule has 0 radical (unpaired) electrons. The number of carboxylic acid groups (broad SMARTS) is 1. The van der Waals surface area contributed by atoms with Crippen molar-refractivity contribution in [3.05, 3.63) is 0 Å². The van der Waals surface area contributed by atoms with Crippen molar-refractivity contribution in [2.24, 2.45) is 11.8 Å². The minimum Gasteiger partial charge on any atom is -0.481 e. The molecule has 1 aliphatic rings. The van der Waals surface area contributed by atoms with E-state index in [0.717, 1.165) is 32.2 Å². The molecule has 1 rings (SSSR count). The molecule has 1 saturated heterocycles. The Morgan fingerprint density at radius 2 is 2.10 bits per heavy atom. The maximum absolute atomic E-state index is 12.2. The van der Waals surface area contributed by atoms with Crippen molar-refractivity contribution < 1.29 is 14.7 Å². The molecule has 0 spiro atoms. The average Bonchev–Trinajstić information content (AvgIpc) is 2.82. The van der Waals surface area contributed by atoms with E-state index in [-0.39, 0.29) is 18.4 Å². The van der Waals surface area contributed by atoms with Crippen LogP contribution in [0.2, 0.25) is 0 Å². The third-order valence-corrected chi connectivity index (χ3v) is 3.92. The number of urea groups is 1. The molecule has 5 nitrogen and oxygen atoms in total. The third kappa shape index (κ3) is 5.39. The van der Waals surface area contributed by atoms with Gasteiger partial charge in [-0.15, -0.1) is 0 Å². The quantitative estimate of drug-likeness (QED) is 0.755. The number of carbonyl (C=O) groups excluding carboxylic acids is 1. The highest BCUT2D eigenvalue weighted by atomic mass is 16.4. The average molecular weight is 284 g/mol. The summed E-state index contributed by atoms with van der Waals surface area (Å²) in [5, 5.41) is 11.9. The van der Waals surface area contributed by atoms with Gasteiger partial charge in [0, 0.05) is 25.6 Å². The molecule has 2 atom stereocenters. The first-order valence-corrected chi connectivity index (χ1v) is 7.70. The van der Waals surface area contributed by atoms with Crippen molar-refractivity contribution in [1.82, 2.24) is 10.2 Å². The summed E-state index contributed by atoms with van der Waals surface area (Å²) in [5.74, 6) is -0.344. The maximum Gasteiger partial charge on any atom is 0.317 e. The fraction of sp³-hybridized carbons (Fsp3) is 0.867. The van der Waals surface area contributed by atoms with E-state index in [1.54, 1.807) is 0 Å². The number of hydrogen-bond acceptors (Lipinski definition) is 2. The SMILES string of the molecule is CCC1CCCN1C(=O)NC[C@H](CC(=O)O)CC(C)C. The Balaban J connectivity index is 2.45. The van der Waals surface area contributed by atoms with E-state index in [4.69, 9.17) is 5.11 Å². The van der Waals surface area contributed by atoms with Gasteiger partial charge in [0.15, 0.2) is 0 Å². The van der Waals surface area contributed by atoms with Gasteiger partial charge in [-0.1, -0.05) is 20.8 Å². The van der Waals surface area contributed by atoms with Gasteiger partial charge < -0.3 is 15.3 Å². The molecule has 0 bridgehead atoms. The van der Waals surface area contributed by atoms with Gasteiger partial charge >= 0.3 is 12.0 Å². The van der Waals surface area contributed by atoms with Crippen molar-refractivity contribution in [3.63, 3.8) is 0 Å². The molecule has 1 unspecified atom stereocenters. The molecule has 0 aliphatic carbocycles. The van der Waals surface area contributed by atoms with Crippen molar-refractivity contribution in [2.75, 3.05) is 13.1 Å². The fourth-order valence-corrected chi connectivity index (χ4v) is 3.01. The first kappa shape index (κ1) is 16.8. The van der Waals surface area contributed by atoms with E-state index in [2.05, 4.69) is 26.1 Å². The molecule has 1 aliphatic heterocycles. The van der Waals surface area contributed by atoms with Gasteiger partial charge in [0.1, 0.15) is 0 Å². The predicted octanol–water partition coefficient (Wildman–Crippen LogP) is 2.71. The zero-order valence-electron chi connectivity index (χ0n) is 12.9. The number of carboxylic acids is 1. The molecular formula is C15H28N2O3. The molecule has 0 aromatic rings. The summed E-state index contributed by atoms with van der Waals surface area (Å²) in [6, 6.07) is 0.312. The van der Waals surface area contributed by atoms with Crippen molar-refractivity contribution in [3.8, 4) is 0 Å². The summed E-state index contributed by atoms with van der Waals surface area (Å²) in [7, 11) is 0.